The molecule has 1 aromatic heterocycles. The molecule has 1 aromatic rings. The molecule has 0 unspecified atom stereocenters. The van der Waals surface area contributed by atoms with Gasteiger partial charge in [0.1, 0.15) is 5.78 Å². The first-order valence-corrected chi connectivity index (χ1v) is 10.6. The number of aromatic nitrogens is 2. The second kappa shape index (κ2) is 5.67. The highest BCUT2D eigenvalue weighted by Gasteiger charge is 2.61. The summed E-state index contributed by atoms with van der Waals surface area (Å²) in [5, 5.41) is 15.3. The SMILES string of the molecule is C[C@]12C[C@H](n3cccn3)[C@@H](O)C[C@@H]1CC[C@@H]1[C@@H]2CC[C@]2(C)C(=O)CC[C@@H]12. The molecule has 5 rings (SSSR count). The Morgan fingerprint density at radius 3 is 2.81 bits per heavy atom. The van der Waals surface area contributed by atoms with Crippen LogP contribution in [-0.2, 0) is 4.79 Å². The Labute approximate surface area is 156 Å². The van der Waals surface area contributed by atoms with E-state index in [1.807, 2.05) is 23.1 Å². The zero-order valence-corrected chi connectivity index (χ0v) is 16.1. The van der Waals surface area contributed by atoms with Gasteiger partial charge in [-0.3, -0.25) is 9.48 Å². The molecule has 0 saturated heterocycles. The van der Waals surface area contributed by atoms with Crippen LogP contribution >= 0.6 is 0 Å². The molecule has 4 saturated carbocycles. The maximum atomic E-state index is 12.6. The topological polar surface area (TPSA) is 55.1 Å². The first-order chi connectivity index (χ1) is 12.4. The fourth-order valence-electron chi connectivity index (χ4n) is 7.79. The van der Waals surface area contributed by atoms with Gasteiger partial charge in [0.05, 0.1) is 12.1 Å². The quantitative estimate of drug-likeness (QED) is 0.827. The second-order valence-electron chi connectivity index (χ2n) is 10.1. The molecule has 4 fully saturated rings. The third-order valence-electron chi connectivity index (χ3n) is 9.26. The fourth-order valence-corrected chi connectivity index (χ4v) is 7.79. The normalized spacial score (nSPS) is 50.8. The van der Waals surface area contributed by atoms with Crippen molar-refractivity contribution < 1.29 is 9.90 Å². The summed E-state index contributed by atoms with van der Waals surface area (Å²) in [6.45, 7) is 4.76. The molecule has 26 heavy (non-hydrogen) atoms. The third-order valence-corrected chi connectivity index (χ3v) is 9.26. The molecule has 0 amide bonds. The van der Waals surface area contributed by atoms with E-state index < -0.39 is 0 Å². The van der Waals surface area contributed by atoms with Crippen LogP contribution in [0.2, 0.25) is 0 Å². The second-order valence-corrected chi connectivity index (χ2v) is 10.1. The number of carbonyl (C=O) groups is 1. The van der Waals surface area contributed by atoms with Crippen LogP contribution in [0.1, 0.15) is 71.3 Å². The number of nitrogens with zero attached hydrogens (tertiary/aromatic N) is 2. The third kappa shape index (κ3) is 2.17. The molecule has 4 aliphatic carbocycles. The molecule has 0 radical (unpaired) electrons. The number of rotatable bonds is 1. The van der Waals surface area contributed by atoms with Gasteiger partial charge in [0.15, 0.2) is 0 Å². The van der Waals surface area contributed by atoms with Gasteiger partial charge in [-0.15, -0.1) is 0 Å². The molecule has 1 heterocycles. The van der Waals surface area contributed by atoms with Crippen molar-refractivity contribution in [2.75, 3.05) is 0 Å². The van der Waals surface area contributed by atoms with E-state index in [2.05, 4.69) is 18.9 Å². The van der Waals surface area contributed by atoms with Crippen molar-refractivity contribution >= 4 is 5.78 Å². The Bertz CT molecular complexity index is 701. The van der Waals surface area contributed by atoms with Crippen LogP contribution in [0.25, 0.3) is 0 Å². The minimum Gasteiger partial charge on any atom is -0.391 e. The number of Topliss-reactive ketones (excluding diaryl/α,β-unsaturated/α-hetero) is 1. The summed E-state index contributed by atoms with van der Waals surface area (Å²) in [4.78, 5) is 12.6. The van der Waals surface area contributed by atoms with E-state index >= 15 is 0 Å². The lowest BCUT2D eigenvalue weighted by atomic mass is 9.44. The van der Waals surface area contributed by atoms with E-state index in [0.29, 0.717) is 29.5 Å². The average Bonchev–Trinajstić information content (AvgIpc) is 3.24. The maximum absolute atomic E-state index is 12.6. The maximum Gasteiger partial charge on any atom is 0.139 e. The van der Waals surface area contributed by atoms with Gasteiger partial charge in [0, 0.05) is 24.2 Å². The van der Waals surface area contributed by atoms with Gasteiger partial charge < -0.3 is 5.11 Å². The van der Waals surface area contributed by atoms with Gasteiger partial charge in [-0.2, -0.15) is 5.10 Å². The van der Waals surface area contributed by atoms with Crippen LogP contribution in [0.5, 0.6) is 0 Å². The molecule has 0 spiro atoms. The summed E-state index contributed by atoms with van der Waals surface area (Å²) < 4.78 is 1.99. The molecule has 0 bridgehead atoms. The minimum atomic E-state index is -0.286. The highest BCUT2D eigenvalue weighted by atomic mass is 16.3. The lowest BCUT2D eigenvalue weighted by molar-refractivity contribution is -0.148. The molecule has 0 aromatic carbocycles. The van der Waals surface area contributed by atoms with Crippen molar-refractivity contribution in [2.45, 2.75) is 77.4 Å². The van der Waals surface area contributed by atoms with Gasteiger partial charge >= 0.3 is 0 Å². The van der Waals surface area contributed by atoms with E-state index in [1.54, 1.807) is 0 Å². The summed E-state index contributed by atoms with van der Waals surface area (Å²) in [5.41, 5.74) is 0.228. The first kappa shape index (κ1) is 17.0. The summed E-state index contributed by atoms with van der Waals surface area (Å²) in [6, 6.07) is 2.06. The van der Waals surface area contributed by atoms with Crippen molar-refractivity contribution in [3.05, 3.63) is 18.5 Å². The number of hydrogen-bond donors (Lipinski definition) is 1. The molecule has 4 aliphatic rings. The predicted molar refractivity (Wildman–Crippen MR) is 99.4 cm³/mol. The van der Waals surface area contributed by atoms with Crippen molar-refractivity contribution in [1.29, 1.82) is 0 Å². The Morgan fingerprint density at radius 2 is 2.04 bits per heavy atom. The van der Waals surface area contributed by atoms with E-state index in [9.17, 15) is 9.90 Å². The highest BCUT2D eigenvalue weighted by molar-refractivity contribution is 5.87. The number of hydrogen-bond acceptors (Lipinski definition) is 3. The number of aliphatic hydroxyl groups is 1. The van der Waals surface area contributed by atoms with E-state index in [4.69, 9.17) is 0 Å². The molecule has 142 valence electrons. The number of aliphatic hydroxyl groups excluding tert-OH is 1. The molecular weight excluding hydrogens is 324 g/mol. The van der Waals surface area contributed by atoms with Crippen LogP contribution in [0, 0.1) is 34.5 Å². The summed E-state index contributed by atoms with van der Waals surface area (Å²) in [5.74, 6) is 3.15. The van der Waals surface area contributed by atoms with Gasteiger partial charge in [-0.25, -0.2) is 0 Å². The standard InChI is InChI=1S/C22H32N2O2/c1-21-9-8-17-15(16(21)6-7-20(21)26)5-4-14-12-19(25)18(13-22(14,17)2)24-11-3-10-23-24/h3,10-11,14-19,25H,4-9,12-13H2,1-2H3/t14-,15-,16-,17-,18-,19-,21-,22-/m0/s1. The summed E-state index contributed by atoms with van der Waals surface area (Å²) in [7, 11) is 0. The van der Waals surface area contributed by atoms with Gasteiger partial charge in [-0.1, -0.05) is 13.8 Å². The lowest BCUT2D eigenvalue weighted by Crippen LogP contribution is -2.55. The highest BCUT2D eigenvalue weighted by Crippen LogP contribution is 2.66. The average molecular weight is 357 g/mol. The first-order valence-electron chi connectivity index (χ1n) is 10.6. The molecule has 4 heteroatoms. The Balaban J connectivity index is 1.47. The Hall–Kier alpha value is -1.16. The Kier molecular flexibility index (Phi) is 3.70. The van der Waals surface area contributed by atoms with Crippen LogP contribution in [0.3, 0.4) is 0 Å². The molecule has 4 nitrogen and oxygen atoms in total. The van der Waals surface area contributed by atoms with Crippen molar-refractivity contribution in [1.82, 2.24) is 9.78 Å². The monoisotopic (exact) mass is 356 g/mol. The zero-order valence-electron chi connectivity index (χ0n) is 16.1. The predicted octanol–water partition coefficient (Wildman–Crippen LogP) is 4.01. The number of ketones is 1. The smallest absolute Gasteiger partial charge is 0.139 e. The van der Waals surface area contributed by atoms with E-state index in [-0.39, 0.29) is 23.0 Å². The van der Waals surface area contributed by atoms with Crippen LogP contribution in [0.4, 0.5) is 0 Å². The van der Waals surface area contributed by atoms with Gasteiger partial charge in [-0.05, 0) is 80.1 Å². The zero-order chi connectivity index (χ0) is 18.1. The van der Waals surface area contributed by atoms with Crippen LogP contribution in [-0.4, -0.2) is 26.8 Å². The summed E-state index contributed by atoms with van der Waals surface area (Å²) in [6.07, 6.45) is 12.1. The molecule has 8 atom stereocenters. The largest absolute Gasteiger partial charge is 0.391 e. The minimum absolute atomic E-state index is 0.0417. The molecule has 0 aliphatic heterocycles. The van der Waals surface area contributed by atoms with E-state index in [1.165, 1.54) is 19.3 Å². The van der Waals surface area contributed by atoms with Crippen molar-refractivity contribution in [3.8, 4) is 0 Å². The van der Waals surface area contributed by atoms with Gasteiger partial charge in [0.2, 0.25) is 0 Å². The van der Waals surface area contributed by atoms with Crippen LogP contribution < -0.4 is 0 Å². The van der Waals surface area contributed by atoms with Crippen LogP contribution in [0.15, 0.2) is 18.5 Å². The number of carbonyl (C=O) groups excluding carboxylic acids is 1. The van der Waals surface area contributed by atoms with Crippen molar-refractivity contribution in [2.24, 2.45) is 34.5 Å². The van der Waals surface area contributed by atoms with Crippen molar-refractivity contribution in [3.63, 3.8) is 0 Å². The summed E-state index contributed by atoms with van der Waals surface area (Å²) >= 11 is 0. The number of fused-ring (bicyclic) bond motifs is 5. The van der Waals surface area contributed by atoms with Gasteiger partial charge in [0.25, 0.3) is 0 Å². The fraction of sp³-hybridized carbons (Fsp3) is 0.818. The molecule has 1 N–H and O–H groups in total. The lowest BCUT2D eigenvalue weighted by Gasteiger charge is -2.61. The molecular formula is C22H32N2O2. The Morgan fingerprint density at radius 1 is 1.19 bits per heavy atom. The van der Waals surface area contributed by atoms with E-state index in [0.717, 1.165) is 32.1 Å².